The number of methoxy groups -OCH3 is 1. The van der Waals surface area contributed by atoms with E-state index in [2.05, 4.69) is 0 Å². The van der Waals surface area contributed by atoms with E-state index in [1.165, 1.54) is 30.2 Å². The molecule has 0 bridgehead atoms. The third-order valence-corrected chi connectivity index (χ3v) is 6.88. The highest BCUT2D eigenvalue weighted by Crippen LogP contribution is 2.37. The van der Waals surface area contributed by atoms with Crippen LogP contribution in [0.15, 0.2) is 66.7 Å². The number of halogens is 6. The van der Waals surface area contributed by atoms with E-state index in [4.69, 9.17) is 4.74 Å². The lowest BCUT2D eigenvalue weighted by Crippen LogP contribution is -2.55. The smallest absolute Gasteiger partial charge is 0.416 e. The maximum atomic E-state index is 13.6. The van der Waals surface area contributed by atoms with Crippen molar-refractivity contribution in [1.82, 2.24) is 9.80 Å². The molecule has 3 aromatic rings. The van der Waals surface area contributed by atoms with Gasteiger partial charge in [0.25, 0.3) is 5.91 Å². The van der Waals surface area contributed by atoms with Crippen molar-refractivity contribution in [2.75, 3.05) is 26.7 Å². The Kier molecular flexibility index (Phi) is 8.62. The highest BCUT2D eigenvalue weighted by atomic mass is 19.4. The molecule has 1 atom stereocenters. The van der Waals surface area contributed by atoms with Gasteiger partial charge in [0.15, 0.2) is 0 Å². The molecule has 1 saturated heterocycles. The number of alkyl halides is 6. The van der Waals surface area contributed by atoms with E-state index in [1.807, 2.05) is 35.2 Å². The maximum absolute atomic E-state index is 13.6. The quantitative estimate of drug-likeness (QED) is 0.347. The standard InChI is InChI=1S/C29H26F6N2O4/c1-41-25-12-19(7-8-24(25)27(39)40)11-23-17-36(16-18-5-3-2-4-6-18)9-10-37(23)26(38)20-13-21(28(30,31)32)15-22(14-20)29(33,34)35/h2-8,12-15,23H,9-11,16-17H2,1H3,(H,39,40)/t23-/m1/s1. The van der Waals surface area contributed by atoms with E-state index < -0.39 is 47.0 Å². The topological polar surface area (TPSA) is 70.1 Å². The first-order chi connectivity index (χ1) is 19.3. The van der Waals surface area contributed by atoms with Crippen LogP contribution in [0.5, 0.6) is 5.75 Å². The van der Waals surface area contributed by atoms with Gasteiger partial charge in [0.2, 0.25) is 0 Å². The van der Waals surface area contributed by atoms with Crippen LogP contribution < -0.4 is 4.74 Å². The Morgan fingerprint density at radius 1 is 0.878 bits per heavy atom. The molecule has 0 radical (unpaired) electrons. The van der Waals surface area contributed by atoms with Crippen LogP contribution in [-0.4, -0.2) is 59.6 Å². The summed E-state index contributed by atoms with van der Waals surface area (Å²) in [6, 6.07) is 14.0. The number of aromatic carboxylic acids is 1. The summed E-state index contributed by atoms with van der Waals surface area (Å²) < 4.78 is 86.0. The van der Waals surface area contributed by atoms with Crippen LogP contribution >= 0.6 is 0 Å². The Morgan fingerprint density at radius 3 is 2.07 bits per heavy atom. The van der Waals surface area contributed by atoms with Gasteiger partial charge in [0.1, 0.15) is 11.3 Å². The van der Waals surface area contributed by atoms with Crippen molar-refractivity contribution in [2.24, 2.45) is 0 Å². The Hall–Kier alpha value is -4.06. The summed E-state index contributed by atoms with van der Waals surface area (Å²) >= 11 is 0. The van der Waals surface area contributed by atoms with Crippen molar-refractivity contribution >= 4 is 11.9 Å². The van der Waals surface area contributed by atoms with Crippen LogP contribution in [0.25, 0.3) is 0 Å². The Balaban J connectivity index is 1.69. The Labute approximate surface area is 231 Å². The molecule has 1 fully saturated rings. The molecule has 1 aliphatic rings. The van der Waals surface area contributed by atoms with Crippen molar-refractivity contribution in [3.05, 3.63) is 100 Å². The number of carboxylic acid groups (broad SMARTS) is 1. The highest BCUT2D eigenvalue weighted by molar-refractivity contribution is 5.95. The number of hydrogen-bond donors (Lipinski definition) is 1. The summed E-state index contributed by atoms with van der Waals surface area (Å²) in [4.78, 5) is 28.4. The second kappa shape index (κ2) is 11.8. The molecule has 3 aromatic carbocycles. The number of carbonyl (C=O) groups excluding carboxylic acids is 1. The molecular formula is C29H26F6N2O4. The molecule has 0 saturated carbocycles. The fraction of sp³-hybridized carbons (Fsp3) is 0.310. The zero-order valence-corrected chi connectivity index (χ0v) is 21.8. The SMILES string of the molecule is COc1cc(C[C@@H]2CN(Cc3ccccc3)CCN2C(=O)c2cc(C(F)(F)F)cc(C(F)(F)F)c2)ccc1C(=O)O. The normalized spacial score (nSPS) is 16.5. The van der Waals surface area contributed by atoms with E-state index in [1.54, 1.807) is 0 Å². The fourth-order valence-electron chi connectivity index (χ4n) is 4.90. The van der Waals surface area contributed by atoms with Gasteiger partial charge in [-0.1, -0.05) is 36.4 Å². The summed E-state index contributed by atoms with van der Waals surface area (Å²) in [5.41, 5.74) is -2.36. The molecule has 41 heavy (non-hydrogen) atoms. The van der Waals surface area contributed by atoms with Crippen LogP contribution in [-0.2, 0) is 25.3 Å². The summed E-state index contributed by atoms with van der Waals surface area (Å²) in [5, 5.41) is 9.38. The molecule has 1 aliphatic heterocycles. The van der Waals surface area contributed by atoms with E-state index in [0.29, 0.717) is 30.8 Å². The molecule has 218 valence electrons. The van der Waals surface area contributed by atoms with Crippen LogP contribution in [0.1, 0.15) is 43.0 Å². The number of ether oxygens (including phenoxy) is 1. The van der Waals surface area contributed by atoms with Crippen LogP contribution in [0, 0.1) is 0 Å². The van der Waals surface area contributed by atoms with Crippen LogP contribution in [0.4, 0.5) is 26.3 Å². The van der Waals surface area contributed by atoms with E-state index in [-0.39, 0.29) is 36.9 Å². The minimum Gasteiger partial charge on any atom is -0.496 e. The summed E-state index contributed by atoms with van der Waals surface area (Å²) in [6.45, 7) is 1.18. The molecule has 0 aromatic heterocycles. The number of amides is 1. The van der Waals surface area contributed by atoms with Gasteiger partial charge in [-0.15, -0.1) is 0 Å². The number of nitrogens with zero attached hydrogens (tertiary/aromatic N) is 2. The molecule has 1 N–H and O–H groups in total. The first-order valence-corrected chi connectivity index (χ1v) is 12.5. The van der Waals surface area contributed by atoms with Gasteiger partial charge in [0, 0.05) is 37.8 Å². The van der Waals surface area contributed by atoms with Gasteiger partial charge in [-0.2, -0.15) is 26.3 Å². The van der Waals surface area contributed by atoms with Gasteiger partial charge in [-0.25, -0.2) is 4.79 Å². The van der Waals surface area contributed by atoms with Gasteiger partial charge in [-0.05, 0) is 47.9 Å². The third-order valence-electron chi connectivity index (χ3n) is 6.88. The minimum atomic E-state index is -5.09. The zero-order chi connectivity index (χ0) is 29.9. The molecule has 0 spiro atoms. The van der Waals surface area contributed by atoms with E-state index in [9.17, 15) is 41.0 Å². The summed E-state index contributed by atoms with van der Waals surface area (Å²) in [5.74, 6) is -2.08. The number of carboxylic acids is 1. The number of carbonyl (C=O) groups is 2. The molecule has 12 heteroatoms. The van der Waals surface area contributed by atoms with Gasteiger partial charge in [-0.3, -0.25) is 9.69 Å². The Bertz CT molecular complexity index is 1380. The zero-order valence-electron chi connectivity index (χ0n) is 21.8. The molecule has 0 aliphatic carbocycles. The van der Waals surface area contributed by atoms with Crippen LogP contribution in [0.3, 0.4) is 0 Å². The second-order valence-corrected chi connectivity index (χ2v) is 9.71. The average Bonchev–Trinajstić information content (AvgIpc) is 2.92. The van der Waals surface area contributed by atoms with Gasteiger partial charge in [0.05, 0.1) is 18.2 Å². The van der Waals surface area contributed by atoms with Gasteiger partial charge >= 0.3 is 18.3 Å². The van der Waals surface area contributed by atoms with Crippen molar-refractivity contribution in [3.8, 4) is 5.75 Å². The second-order valence-electron chi connectivity index (χ2n) is 9.71. The Morgan fingerprint density at radius 2 is 1.51 bits per heavy atom. The molecule has 4 rings (SSSR count). The molecular weight excluding hydrogens is 554 g/mol. The summed E-state index contributed by atoms with van der Waals surface area (Å²) in [6.07, 6.45) is -10.0. The lowest BCUT2D eigenvalue weighted by Gasteiger charge is -2.42. The lowest BCUT2D eigenvalue weighted by atomic mass is 9.98. The largest absolute Gasteiger partial charge is 0.496 e. The first kappa shape index (κ1) is 29.9. The number of piperazine rings is 1. The average molecular weight is 581 g/mol. The monoisotopic (exact) mass is 580 g/mol. The summed E-state index contributed by atoms with van der Waals surface area (Å²) in [7, 11) is 1.30. The first-order valence-electron chi connectivity index (χ1n) is 12.5. The predicted molar refractivity (Wildman–Crippen MR) is 137 cm³/mol. The number of benzene rings is 3. The molecule has 6 nitrogen and oxygen atoms in total. The van der Waals surface area contributed by atoms with Crippen molar-refractivity contribution < 1.29 is 45.8 Å². The van der Waals surface area contributed by atoms with Crippen molar-refractivity contribution in [2.45, 2.75) is 31.4 Å². The maximum Gasteiger partial charge on any atom is 0.416 e. The number of rotatable bonds is 7. The van der Waals surface area contributed by atoms with Crippen molar-refractivity contribution in [1.29, 1.82) is 0 Å². The molecule has 1 heterocycles. The molecule has 0 unspecified atom stereocenters. The fourth-order valence-corrected chi connectivity index (χ4v) is 4.90. The van der Waals surface area contributed by atoms with Crippen LogP contribution in [0.2, 0.25) is 0 Å². The van der Waals surface area contributed by atoms with E-state index in [0.717, 1.165) is 5.56 Å². The number of hydrogen-bond acceptors (Lipinski definition) is 4. The minimum absolute atomic E-state index is 0.0116. The lowest BCUT2D eigenvalue weighted by molar-refractivity contribution is -0.143. The highest BCUT2D eigenvalue weighted by Gasteiger charge is 2.39. The predicted octanol–water partition coefficient (Wildman–Crippen LogP) is 6.00. The third kappa shape index (κ3) is 7.18. The van der Waals surface area contributed by atoms with Gasteiger partial charge < -0.3 is 14.7 Å². The van der Waals surface area contributed by atoms with E-state index >= 15 is 0 Å². The van der Waals surface area contributed by atoms with Crippen molar-refractivity contribution in [3.63, 3.8) is 0 Å². The molecule has 1 amide bonds.